The van der Waals surface area contributed by atoms with Crippen LogP contribution in [-0.2, 0) is 0 Å². The number of hydrogen-bond donors (Lipinski definition) is 0. The van der Waals surface area contributed by atoms with E-state index in [0.29, 0.717) is 11.1 Å². The molecule has 0 atom stereocenters. The van der Waals surface area contributed by atoms with Gasteiger partial charge >= 0.3 is 0 Å². The molecule has 1 heterocycles. The monoisotopic (exact) mass is 325 g/mol. The average molecular weight is 326 g/mol. The molecular weight excluding hydrogens is 310 g/mol. The van der Waals surface area contributed by atoms with E-state index in [1.165, 1.54) is 10.4 Å². The number of rotatable bonds is 3. The summed E-state index contributed by atoms with van der Waals surface area (Å²) in [5.41, 5.74) is 2.23. The number of nitrogens with zero attached hydrogens (tertiary/aromatic N) is 1. The van der Waals surface area contributed by atoms with Crippen LogP contribution in [0.15, 0.2) is 22.7 Å². The zero-order valence-electron chi connectivity index (χ0n) is 11.0. The summed E-state index contributed by atoms with van der Waals surface area (Å²) in [6.07, 6.45) is 0. The van der Waals surface area contributed by atoms with Crippen LogP contribution < -0.4 is 4.74 Å². The number of hydrogen-bond acceptors (Lipinski definition) is 3. The molecule has 0 saturated carbocycles. The summed E-state index contributed by atoms with van der Waals surface area (Å²) in [6.45, 7) is 8.38. The molecule has 2 aromatic rings. The Labute approximate surface area is 120 Å². The van der Waals surface area contributed by atoms with Crippen molar-refractivity contribution < 1.29 is 4.74 Å². The first kappa shape index (κ1) is 13.6. The number of halogens is 1. The number of thiazole rings is 1. The summed E-state index contributed by atoms with van der Waals surface area (Å²) < 4.78 is 6.99. The Hall–Kier alpha value is -0.870. The lowest BCUT2D eigenvalue weighted by Crippen LogP contribution is -1.93. The van der Waals surface area contributed by atoms with Crippen LogP contribution in [0.1, 0.15) is 35.9 Å². The van der Waals surface area contributed by atoms with Gasteiger partial charge in [0.25, 0.3) is 5.19 Å². The normalized spacial score (nSPS) is 11.0. The van der Waals surface area contributed by atoms with Crippen molar-refractivity contribution in [3.05, 3.63) is 38.8 Å². The van der Waals surface area contributed by atoms with Crippen molar-refractivity contribution in [1.29, 1.82) is 0 Å². The SMILES string of the molecule is Cc1nc(Oc2ccc(Br)cc2C(C)C)sc1C. The van der Waals surface area contributed by atoms with Gasteiger partial charge in [0, 0.05) is 9.35 Å². The summed E-state index contributed by atoms with van der Waals surface area (Å²) in [7, 11) is 0. The van der Waals surface area contributed by atoms with Gasteiger partial charge in [0.15, 0.2) is 0 Å². The van der Waals surface area contributed by atoms with Gasteiger partial charge in [-0.15, -0.1) is 0 Å². The van der Waals surface area contributed by atoms with E-state index in [4.69, 9.17) is 4.74 Å². The molecule has 0 radical (unpaired) electrons. The predicted molar refractivity (Wildman–Crippen MR) is 79.9 cm³/mol. The molecule has 96 valence electrons. The molecule has 0 saturated heterocycles. The molecule has 0 amide bonds. The fourth-order valence-electron chi connectivity index (χ4n) is 1.64. The molecule has 0 unspecified atom stereocenters. The van der Waals surface area contributed by atoms with Gasteiger partial charge in [-0.05, 0) is 43.5 Å². The zero-order valence-corrected chi connectivity index (χ0v) is 13.4. The molecule has 0 fully saturated rings. The van der Waals surface area contributed by atoms with E-state index in [1.54, 1.807) is 11.3 Å². The van der Waals surface area contributed by atoms with Gasteiger partial charge in [0.1, 0.15) is 5.75 Å². The Morgan fingerprint density at radius 3 is 2.56 bits per heavy atom. The fraction of sp³-hybridized carbons (Fsp3) is 0.357. The minimum Gasteiger partial charge on any atom is -0.431 e. The third kappa shape index (κ3) is 2.93. The number of ether oxygens (including phenoxy) is 1. The van der Waals surface area contributed by atoms with Crippen molar-refractivity contribution in [3.8, 4) is 10.9 Å². The van der Waals surface area contributed by atoms with Crippen molar-refractivity contribution in [3.63, 3.8) is 0 Å². The lowest BCUT2D eigenvalue weighted by atomic mass is 10.0. The highest BCUT2D eigenvalue weighted by Gasteiger charge is 2.12. The van der Waals surface area contributed by atoms with Crippen molar-refractivity contribution in [2.45, 2.75) is 33.6 Å². The Morgan fingerprint density at radius 1 is 1.28 bits per heavy atom. The van der Waals surface area contributed by atoms with E-state index >= 15 is 0 Å². The highest BCUT2D eigenvalue weighted by molar-refractivity contribution is 9.10. The smallest absolute Gasteiger partial charge is 0.279 e. The van der Waals surface area contributed by atoms with Crippen LogP contribution in [0.2, 0.25) is 0 Å². The van der Waals surface area contributed by atoms with Crippen molar-refractivity contribution in [1.82, 2.24) is 4.98 Å². The summed E-state index contributed by atoms with van der Waals surface area (Å²) in [4.78, 5) is 5.61. The lowest BCUT2D eigenvalue weighted by Gasteiger charge is -2.12. The third-order valence-corrected chi connectivity index (χ3v) is 4.24. The quantitative estimate of drug-likeness (QED) is 0.749. The van der Waals surface area contributed by atoms with Crippen LogP contribution >= 0.6 is 27.3 Å². The molecule has 2 nitrogen and oxygen atoms in total. The van der Waals surface area contributed by atoms with Crippen molar-refractivity contribution in [2.75, 3.05) is 0 Å². The first-order valence-corrected chi connectivity index (χ1v) is 7.49. The second kappa shape index (κ2) is 5.41. The summed E-state index contributed by atoms with van der Waals surface area (Å²) in [5, 5.41) is 0.717. The molecule has 0 aliphatic carbocycles. The van der Waals surface area contributed by atoms with Crippen LogP contribution in [-0.4, -0.2) is 4.98 Å². The summed E-state index contributed by atoms with van der Waals surface area (Å²) >= 11 is 5.09. The van der Waals surface area contributed by atoms with E-state index in [9.17, 15) is 0 Å². The minimum atomic E-state index is 0.416. The zero-order chi connectivity index (χ0) is 13.3. The molecule has 0 aliphatic rings. The van der Waals surface area contributed by atoms with Crippen molar-refractivity contribution in [2.24, 2.45) is 0 Å². The van der Waals surface area contributed by atoms with E-state index < -0.39 is 0 Å². The Balaban J connectivity index is 2.33. The standard InChI is InChI=1S/C14H16BrNOS/c1-8(2)12-7-11(15)5-6-13(12)17-14-16-9(3)10(4)18-14/h5-8H,1-4H3. The highest BCUT2D eigenvalue weighted by atomic mass is 79.9. The van der Waals surface area contributed by atoms with Gasteiger partial charge in [0.2, 0.25) is 0 Å². The lowest BCUT2D eigenvalue weighted by molar-refractivity contribution is 0.468. The molecule has 0 aliphatic heterocycles. The topological polar surface area (TPSA) is 22.1 Å². The van der Waals surface area contributed by atoms with Gasteiger partial charge in [-0.3, -0.25) is 0 Å². The van der Waals surface area contributed by atoms with Gasteiger partial charge in [-0.2, -0.15) is 0 Å². The van der Waals surface area contributed by atoms with Crippen LogP contribution in [0.3, 0.4) is 0 Å². The molecule has 0 spiro atoms. The Bertz CT molecular complexity index is 543. The maximum Gasteiger partial charge on any atom is 0.279 e. The van der Waals surface area contributed by atoms with Gasteiger partial charge < -0.3 is 4.74 Å². The third-order valence-electron chi connectivity index (χ3n) is 2.80. The van der Waals surface area contributed by atoms with E-state index in [2.05, 4.69) is 47.8 Å². The van der Waals surface area contributed by atoms with Crippen molar-refractivity contribution >= 4 is 27.3 Å². The first-order chi connectivity index (χ1) is 8.47. The maximum absolute atomic E-state index is 5.91. The summed E-state index contributed by atoms with van der Waals surface area (Å²) in [5.74, 6) is 1.31. The molecular formula is C14H16BrNOS. The molecule has 1 aromatic carbocycles. The maximum atomic E-state index is 5.91. The second-order valence-electron chi connectivity index (χ2n) is 4.56. The van der Waals surface area contributed by atoms with Crippen LogP contribution in [0, 0.1) is 13.8 Å². The van der Waals surface area contributed by atoms with Gasteiger partial charge in [0.05, 0.1) is 5.69 Å². The Kier molecular flexibility index (Phi) is 4.07. The van der Waals surface area contributed by atoms with E-state index in [-0.39, 0.29) is 0 Å². The Morgan fingerprint density at radius 2 is 2.00 bits per heavy atom. The number of benzene rings is 1. The molecule has 4 heteroatoms. The number of aryl methyl sites for hydroxylation is 2. The van der Waals surface area contributed by atoms with Crippen LogP contribution in [0.4, 0.5) is 0 Å². The molecule has 18 heavy (non-hydrogen) atoms. The van der Waals surface area contributed by atoms with Gasteiger partial charge in [-0.1, -0.05) is 41.1 Å². The molecule has 0 N–H and O–H groups in total. The first-order valence-electron chi connectivity index (χ1n) is 5.88. The van der Waals surface area contributed by atoms with Crippen LogP contribution in [0.25, 0.3) is 0 Å². The average Bonchev–Trinajstić information content (AvgIpc) is 2.60. The minimum absolute atomic E-state index is 0.416. The molecule has 0 bridgehead atoms. The van der Waals surface area contributed by atoms with Gasteiger partial charge in [-0.25, -0.2) is 4.98 Å². The predicted octanol–water partition coefficient (Wildman–Crippen LogP) is 5.44. The summed E-state index contributed by atoms with van der Waals surface area (Å²) in [6, 6.07) is 6.09. The number of aromatic nitrogens is 1. The van der Waals surface area contributed by atoms with E-state index in [1.807, 2.05) is 19.1 Å². The molecule has 2 rings (SSSR count). The highest BCUT2D eigenvalue weighted by Crippen LogP contribution is 2.35. The largest absolute Gasteiger partial charge is 0.431 e. The van der Waals surface area contributed by atoms with Crippen LogP contribution in [0.5, 0.6) is 10.9 Å². The van der Waals surface area contributed by atoms with E-state index in [0.717, 1.165) is 15.9 Å². The second-order valence-corrected chi connectivity index (χ2v) is 6.64. The molecule has 1 aromatic heterocycles. The fourth-order valence-corrected chi connectivity index (χ4v) is 2.79.